The van der Waals surface area contributed by atoms with Gasteiger partial charge < -0.3 is 0 Å². The SMILES string of the molecule is CSc1cccc(F)c1C1=NC(=O)CS1. The maximum Gasteiger partial charge on any atom is 0.257 e. The molecule has 0 radical (unpaired) electrons. The molecule has 0 spiro atoms. The lowest BCUT2D eigenvalue weighted by Gasteiger charge is -2.06. The topological polar surface area (TPSA) is 29.4 Å². The zero-order valence-electron chi connectivity index (χ0n) is 7.99. The summed E-state index contributed by atoms with van der Waals surface area (Å²) in [4.78, 5) is 15.6. The van der Waals surface area contributed by atoms with E-state index in [-0.39, 0.29) is 11.7 Å². The van der Waals surface area contributed by atoms with Gasteiger partial charge in [0.05, 0.1) is 11.3 Å². The van der Waals surface area contributed by atoms with E-state index in [2.05, 4.69) is 4.99 Å². The van der Waals surface area contributed by atoms with Crippen LogP contribution < -0.4 is 0 Å². The second-order valence-corrected chi connectivity index (χ2v) is 4.73. The first-order valence-electron chi connectivity index (χ1n) is 4.29. The molecule has 5 heteroatoms. The van der Waals surface area contributed by atoms with E-state index in [4.69, 9.17) is 0 Å². The number of amides is 1. The Kier molecular flexibility index (Phi) is 3.11. The fraction of sp³-hybridized carbons (Fsp3) is 0.200. The van der Waals surface area contributed by atoms with Crippen LogP contribution >= 0.6 is 23.5 Å². The summed E-state index contributed by atoms with van der Waals surface area (Å²) in [7, 11) is 0. The van der Waals surface area contributed by atoms with Crippen molar-refractivity contribution in [2.45, 2.75) is 4.90 Å². The summed E-state index contributed by atoms with van der Waals surface area (Å²) in [6.45, 7) is 0. The van der Waals surface area contributed by atoms with E-state index in [1.165, 1.54) is 29.6 Å². The van der Waals surface area contributed by atoms with Gasteiger partial charge in [-0.05, 0) is 18.4 Å². The van der Waals surface area contributed by atoms with Gasteiger partial charge in [0.15, 0.2) is 0 Å². The standard InChI is InChI=1S/C10H8FNOS2/c1-14-7-4-2-3-6(11)9(7)10-12-8(13)5-15-10/h2-4H,5H2,1H3. The first-order chi connectivity index (χ1) is 7.22. The minimum Gasteiger partial charge on any atom is -0.272 e. The molecule has 2 nitrogen and oxygen atoms in total. The van der Waals surface area contributed by atoms with E-state index in [0.717, 1.165) is 4.90 Å². The Bertz CT molecular complexity index is 445. The number of aliphatic imine (C=N–C) groups is 1. The van der Waals surface area contributed by atoms with Crippen LogP contribution in [0.1, 0.15) is 5.56 Å². The van der Waals surface area contributed by atoms with Crippen molar-refractivity contribution >= 4 is 34.5 Å². The highest BCUT2D eigenvalue weighted by atomic mass is 32.2. The van der Waals surface area contributed by atoms with Crippen molar-refractivity contribution in [1.82, 2.24) is 0 Å². The highest BCUT2D eigenvalue weighted by Crippen LogP contribution is 2.29. The minimum atomic E-state index is -0.317. The summed E-state index contributed by atoms with van der Waals surface area (Å²) in [6, 6.07) is 4.88. The zero-order valence-corrected chi connectivity index (χ0v) is 9.62. The number of halogens is 1. The molecule has 0 aliphatic carbocycles. The van der Waals surface area contributed by atoms with Crippen molar-refractivity contribution in [1.29, 1.82) is 0 Å². The van der Waals surface area contributed by atoms with Crippen LogP contribution in [0.15, 0.2) is 28.1 Å². The summed E-state index contributed by atoms with van der Waals surface area (Å²) < 4.78 is 13.6. The predicted octanol–water partition coefficient (Wildman–Crippen LogP) is 2.57. The fourth-order valence-electron chi connectivity index (χ4n) is 1.32. The molecule has 1 aromatic rings. The van der Waals surface area contributed by atoms with Crippen LogP contribution in [0.2, 0.25) is 0 Å². The van der Waals surface area contributed by atoms with Crippen molar-refractivity contribution in [3.8, 4) is 0 Å². The molecule has 78 valence electrons. The third-order valence-electron chi connectivity index (χ3n) is 1.97. The van der Waals surface area contributed by atoms with Gasteiger partial charge in [0.1, 0.15) is 10.9 Å². The minimum absolute atomic E-state index is 0.190. The number of nitrogens with zero attached hydrogens (tertiary/aromatic N) is 1. The van der Waals surface area contributed by atoms with Gasteiger partial charge in [-0.3, -0.25) is 4.79 Å². The van der Waals surface area contributed by atoms with Crippen LogP contribution in [-0.2, 0) is 4.79 Å². The predicted molar refractivity (Wildman–Crippen MR) is 62.2 cm³/mol. The smallest absolute Gasteiger partial charge is 0.257 e. The van der Waals surface area contributed by atoms with E-state index in [1.807, 2.05) is 12.3 Å². The van der Waals surface area contributed by atoms with Gasteiger partial charge in [-0.2, -0.15) is 0 Å². The van der Waals surface area contributed by atoms with Crippen molar-refractivity contribution in [3.63, 3.8) is 0 Å². The van der Waals surface area contributed by atoms with Gasteiger partial charge in [-0.25, -0.2) is 9.38 Å². The maximum atomic E-state index is 13.6. The molecule has 1 aliphatic rings. The van der Waals surface area contributed by atoms with Crippen molar-refractivity contribution < 1.29 is 9.18 Å². The number of carbonyl (C=O) groups excluding carboxylic acids is 1. The third kappa shape index (κ3) is 2.08. The number of hydrogen-bond donors (Lipinski definition) is 0. The monoisotopic (exact) mass is 241 g/mol. The number of thioether (sulfide) groups is 2. The largest absolute Gasteiger partial charge is 0.272 e. The highest BCUT2D eigenvalue weighted by molar-refractivity contribution is 8.15. The van der Waals surface area contributed by atoms with Gasteiger partial charge in [-0.1, -0.05) is 17.8 Å². The molecule has 15 heavy (non-hydrogen) atoms. The summed E-state index contributed by atoms with van der Waals surface area (Å²) in [6.07, 6.45) is 1.88. The summed E-state index contributed by atoms with van der Waals surface area (Å²) in [5, 5.41) is 0.502. The lowest BCUT2D eigenvalue weighted by atomic mass is 10.2. The van der Waals surface area contributed by atoms with Gasteiger partial charge in [0, 0.05) is 4.90 Å². The molecule has 0 unspecified atom stereocenters. The molecule has 1 aliphatic heterocycles. The molecular weight excluding hydrogens is 233 g/mol. The number of hydrogen-bond acceptors (Lipinski definition) is 3. The van der Waals surface area contributed by atoms with Crippen LogP contribution in [0.3, 0.4) is 0 Å². The Morgan fingerprint density at radius 2 is 2.33 bits per heavy atom. The average molecular weight is 241 g/mol. The van der Waals surface area contributed by atoms with E-state index in [0.29, 0.717) is 16.4 Å². The van der Waals surface area contributed by atoms with E-state index in [1.54, 1.807) is 6.07 Å². The van der Waals surface area contributed by atoms with Crippen LogP contribution in [0.25, 0.3) is 0 Å². The Labute approximate surface area is 95.4 Å². The van der Waals surface area contributed by atoms with Gasteiger partial charge in [0.2, 0.25) is 0 Å². The number of carbonyl (C=O) groups is 1. The summed E-state index contributed by atoms with van der Waals surface area (Å²) in [5.41, 5.74) is 0.459. The lowest BCUT2D eigenvalue weighted by molar-refractivity contribution is -0.115. The molecular formula is C10H8FNOS2. The van der Waals surface area contributed by atoms with Crippen molar-refractivity contribution in [2.24, 2.45) is 4.99 Å². The summed E-state index contributed by atoms with van der Waals surface area (Å²) in [5.74, 6) is -0.189. The third-order valence-corrected chi connectivity index (χ3v) is 3.71. The number of benzene rings is 1. The van der Waals surface area contributed by atoms with Crippen LogP contribution in [0.5, 0.6) is 0 Å². The molecule has 0 bridgehead atoms. The van der Waals surface area contributed by atoms with E-state index >= 15 is 0 Å². The molecule has 2 rings (SSSR count). The maximum absolute atomic E-state index is 13.6. The molecule has 0 aromatic heterocycles. The van der Waals surface area contributed by atoms with Gasteiger partial charge in [-0.15, -0.1) is 11.8 Å². The fourth-order valence-corrected chi connectivity index (χ4v) is 2.84. The second-order valence-electron chi connectivity index (χ2n) is 2.92. The molecule has 0 saturated heterocycles. The molecule has 1 amide bonds. The second kappa shape index (κ2) is 4.37. The zero-order chi connectivity index (χ0) is 10.8. The normalized spacial score (nSPS) is 15.6. The van der Waals surface area contributed by atoms with Crippen molar-refractivity contribution in [3.05, 3.63) is 29.6 Å². The Morgan fingerprint density at radius 3 is 2.93 bits per heavy atom. The first-order valence-corrected chi connectivity index (χ1v) is 6.50. The molecule has 0 fully saturated rings. The van der Waals surface area contributed by atoms with Crippen LogP contribution in [0.4, 0.5) is 4.39 Å². The van der Waals surface area contributed by atoms with Crippen LogP contribution in [-0.4, -0.2) is 23.0 Å². The average Bonchev–Trinajstić information content (AvgIpc) is 2.64. The van der Waals surface area contributed by atoms with Gasteiger partial charge >= 0.3 is 0 Å². The molecule has 0 atom stereocenters. The quantitative estimate of drug-likeness (QED) is 0.745. The Morgan fingerprint density at radius 1 is 1.53 bits per heavy atom. The molecule has 1 heterocycles. The Hall–Kier alpha value is -0.810. The molecule has 0 N–H and O–H groups in total. The van der Waals surface area contributed by atoms with Crippen molar-refractivity contribution in [2.75, 3.05) is 12.0 Å². The van der Waals surface area contributed by atoms with E-state index < -0.39 is 0 Å². The van der Waals surface area contributed by atoms with Gasteiger partial charge in [0.25, 0.3) is 5.91 Å². The lowest BCUT2D eigenvalue weighted by Crippen LogP contribution is -1.99. The van der Waals surface area contributed by atoms with Crippen LogP contribution in [0, 0.1) is 5.82 Å². The van der Waals surface area contributed by atoms with E-state index in [9.17, 15) is 9.18 Å². The molecule has 0 saturated carbocycles. The highest BCUT2D eigenvalue weighted by Gasteiger charge is 2.21. The Balaban J connectivity index is 2.51. The number of rotatable bonds is 2. The molecule has 1 aromatic carbocycles. The first kappa shape index (κ1) is 10.7. The summed E-state index contributed by atoms with van der Waals surface area (Å²) >= 11 is 2.75.